The van der Waals surface area contributed by atoms with E-state index in [2.05, 4.69) is 18.9 Å². The van der Waals surface area contributed by atoms with Gasteiger partial charge in [0, 0.05) is 25.8 Å². The van der Waals surface area contributed by atoms with Crippen LogP contribution in [0.3, 0.4) is 0 Å². The highest BCUT2D eigenvalue weighted by atomic mass is 16.5. The number of likely N-dealkylation sites (tertiary alicyclic amines) is 1. The molecule has 0 aliphatic carbocycles. The first-order chi connectivity index (χ1) is 6.62. The average molecular weight is 199 g/mol. The molecule has 2 aliphatic heterocycles. The molecule has 0 aromatic rings. The minimum absolute atomic E-state index is 0.446. The number of rotatable bonds is 1. The Balaban J connectivity index is 2.01. The summed E-state index contributed by atoms with van der Waals surface area (Å²) in [6, 6.07) is 0.517. The Morgan fingerprint density at radius 1 is 1.36 bits per heavy atom. The van der Waals surface area contributed by atoms with Crippen LogP contribution in [0, 0.1) is 5.92 Å². The molecule has 0 aromatic carbocycles. The SMILES string of the molecule is CC1CC(O)(C2CCOCC2)CN1C. The third-order valence-electron chi connectivity index (χ3n) is 3.91. The van der Waals surface area contributed by atoms with E-state index in [0.29, 0.717) is 12.0 Å². The van der Waals surface area contributed by atoms with Gasteiger partial charge < -0.3 is 14.7 Å². The molecule has 0 aromatic heterocycles. The van der Waals surface area contributed by atoms with Crippen LogP contribution in [0.2, 0.25) is 0 Å². The van der Waals surface area contributed by atoms with Crippen LogP contribution in [0.4, 0.5) is 0 Å². The van der Waals surface area contributed by atoms with Crippen molar-refractivity contribution in [1.29, 1.82) is 0 Å². The van der Waals surface area contributed by atoms with Gasteiger partial charge in [-0.25, -0.2) is 0 Å². The van der Waals surface area contributed by atoms with E-state index < -0.39 is 5.60 Å². The van der Waals surface area contributed by atoms with Crippen molar-refractivity contribution in [2.45, 2.75) is 37.8 Å². The van der Waals surface area contributed by atoms with Gasteiger partial charge in [-0.3, -0.25) is 0 Å². The molecule has 0 bridgehead atoms. The molecule has 2 unspecified atom stereocenters. The summed E-state index contributed by atoms with van der Waals surface area (Å²) in [7, 11) is 2.10. The molecule has 3 heteroatoms. The number of hydrogen-bond acceptors (Lipinski definition) is 3. The molecule has 3 nitrogen and oxygen atoms in total. The molecule has 2 saturated heterocycles. The quantitative estimate of drug-likeness (QED) is 0.680. The Morgan fingerprint density at radius 2 is 2.00 bits per heavy atom. The largest absolute Gasteiger partial charge is 0.388 e. The number of likely N-dealkylation sites (N-methyl/N-ethyl adjacent to an activating group) is 1. The fraction of sp³-hybridized carbons (Fsp3) is 1.00. The Bertz CT molecular complexity index is 191. The molecule has 0 saturated carbocycles. The highest BCUT2D eigenvalue weighted by molar-refractivity contribution is 4.98. The predicted octanol–water partition coefficient (Wildman–Crippen LogP) is 0.868. The smallest absolute Gasteiger partial charge is 0.0818 e. The Labute approximate surface area is 86.0 Å². The van der Waals surface area contributed by atoms with Crippen LogP contribution >= 0.6 is 0 Å². The normalized spacial score (nSPS) is 41.8. The van der Waals surface area contributed by atoms with Crippen LogP contribution in [-0.2, 0) is 4.74 Å². The van der Waals surface area contributed by atoms with Crippen molar-refractivity contribution in [2.75, 3.05) is 26.8 Å². The van der Waals surface area contributed by atoms with E-state index in [0.717, 1.165) is 39.0 Å². The summed E-state index contributed by atoms with van der Waals surface area (Å²) in [4.78, 5) is 2.26. The highest BCUT2D eigenvalue weighted by Crippen LogP contribution is 2.37. The summed E-state index contributed by atoms with van der Waals surface area (Å²) in [5.74, 6) is 0.448. The van der Waals surface area contributed by atoms with Gasteiger partial charge in [-0.15, -0.1) is 0 Å². The molecule has 0 spiro atoms. The average Bonchev–Trinajstić information content (AvgIpc) is 2.44. The molecule has 2 heterocycles. The van der Waals surface area contributed by atoms with Gasteiger partial charge in [0.2, 0.25) is 0 Å². The van der Waals surface area contributed by atoms with Gasteiger partial charge in [-0.2, -0.15) is 0 Å². The van der Waals surface area contributed by atoms with E-state index in [1.807, 2.05) is 0 Å². The first-order valence-electron chi connectivity index (χ1n) is 5.62. The Kier molecular flexibility index (Phi) is 2.82. The minimum atomic E-state index is -0.446. The molecule has 2 aliphatic rings. The van der Waals surface area contributed by atoms with Crippen LogP contribution < -0.4 is 0 Å². The molecule has 2 fully saturated rings. The van der Waals surface area contributed by atoms with Crippen LogP contribution in [-0.4, -0.2) is 48.5 Å². The minimum Gasteiger partial charge on any atom is -0.388 e. The van der Waals surface area contributed by atoms with Crippen molar-refractivity contribution in [1.82, 2.24) is 4.90 Å². The van der Waals surface area contributed by atoms with Crippen molar-refractivity contribution in [3.05, 3.63) is 0 Å². The zero-order valence-electron chi connectivity index (χ0n) is 9.20. The molecule has 0 amide bonds. The lowest BCUT2D eigenvalue weighted by Crippen LogP contribution is -2.42. The second kappa shape index (κ2) is 3.80. The topological polar surface area (TPSA) is 32.7 Å². The highest BCUT2D eigenvalue weighted by Gasteiger charge is 2.44. The van der Waals surface area contributed by atoms with Gasteiger partial charge in [0.15, 0.2) is 0 Å². The number of β-amino-alcohol motifs (C(OH)–C–C–N with tert-alkyl or cyclic N) is 1. The van der Waals surface area contributed by atoms with E-state index in [4.69, 9.17) is 4.74 Å². The third-order valence-corrected chi connectivity index (χ3v) is 3.91. The summed E-state index contributed by atoms with van der Waals surface area (Å²) >= 11 is 0. The van der Waals surface area contributed by atoms with Gasteiger partial charge in [0.1, 0.15) is 0 Å². The first kappa shape index (κ1) is 10.4. The molecule has 2 atom stereocenters. The van der Waals surface area contributed by atoms with Crippen LogP contribution in [0.15, 0.2) is 0 Å². The maximum atomic E-state index is 10.6. The maximum Gasteiger partial charge on any atom is 0.0818 e. The summed E-state index contributed by atoms with van der Waals surface area (Å²) in [5, 5.41) is 10.6. The zero-order chi connectivity index (χ0) is 10.2. The summed E-state index contributed by atoms with van der Waals surface area (Å²) < 4.78 is 5.33. The fourth-order valence-corrected chi connectivity index (χ4v) is 2.85. The van der Waals surface area contributed by atoms with Gasteiger partial charge >= 0.3 is 0 Å². The van der Waals surface area contributed by atoms with E-state index in [-0.39, 0.29) is 0 Å². The van der Waals surface area contributed by atoms with Crippen LogP contribution in [0.1, 0.15) is 26.2 Å². The van der Waals surface area contributed by atoms with Gasteiger partial charge in [-0.1, -0.05) is 0 Å². The van der Waals surface area contributed by atoms with Gasteiger partial charge in [0.05, 0.1) is 5.60 Å². The lowest BCUT2D eigenvalue weighted by molar-refractivity contribution is -0.0572. The van der Waals surface area contributed by atoms with Crippen molar-refractivity contribution in [3.8, 4) is 0 Å². The first-order valence-corrected chi connectivity index (χ1v) is 5.62. The lowest BCUT2D eigenvalue weighted by atomic mass is 9.80. The number of nitrogens with zero attached hydrogens (tertiary/aromatic N) is 1. The number of hydrogen-bond donors (Lipinski definition) is 1. The second-order valence-electron chi connectivity index (χ2n) is 4.96. The lowest BCUT2D eigenvalue weighted by Gasteiger charge is -2.35. The molecular formula is C11H21NO2. The molecule has 2 rings (SSSR count). The van der Waals surface area contributed by atoms with Crippen molar-refractivity contribution in [2.24, 2.45) is 5.92 Å². The second-order valence-corrected chi connectivity index (χ2v) is 4.96. The summed E-state index contributed by atoms with van der Waals surface area (Å²) in [6.07, 6.45) is 2.97. The zero-order valence-corrected chi connectivity index (χ0v) is 9.20. The van der Waals surface area contributed by atoms with Crippen molar-refractivity contribution < 1.29 is 9.84 Å². The Hall–Kier alpha value is -0.120. The van der Waals surface area contributed by atoms with Gasteiger partial charge in [0.25, 0.3) is 0 Å². The monoisotopic (exact) mass is 199 g/mol. The van der Waals surface area contributed by atoms with E-state index in [1.165, 1.54) is 0 Å². The summed E-state index contributed by atoms with van der Waals surface area (Å²) in [5.41, 5.74) is -0.446. The molecule has 82 valence electrons. The molecule has 14 heavy (non-hydrogen) atoms. The van der Waals surface area contributed by atoms with E-state index in [9.17, 15) is 5.11 Å². The molecule has 1 N–H and O–H groups in total. The van der Waals surface area contributed by atoms with E-state index in [1.54, 1.807) is 0 Å². The van der Waals surface area contributed by atoms with Crippen molar-refractivity contribution in [3.63, 3.8) is 0 Å². The third kappa shape index (κ3) is 1.81. The number of ether oxygens (including phenoxy) is 1. The van der Waals surface area contributed by atoms with Crippen LogP contribution in [0.25, 0.3) is 0 Å². The van der Waals surface area contributed by atoms with Crippen molar-refractivity contribution >= 4 is 0 Å². The predicted molar refractivity (Wildman–Crippen MR) is 55.2 cm³/mol. The van der Waals surface area contributed by atoms with Gasteiger partial charge in [-0.05, 0) is 39.2 Å². The fourth-order valence-electron chi connectivity index (χ4n) is 2.85. The summed E-state index contributed by atoms with van der Waals surface area (Å²) in [6.45, 7) is 4.67. The van der Waals surface area contributed by atoms with E-state index >= 15 is 0 Å². The maximum absolute atomic E-state index is 10.6. The number of aliphatic hydroxyl groups is 1. The molecular weight excluding hydrogens is 178 g/mol. The standard InChI is InChI=1S/C11H21NO2/c1-9-7-11(13,8-12(9)2)10-3-5-14-6-4-10/h9-10,13H,3-8H2,1-2H3. The Morgan fingerprint density at radius 3 is 2.50 bits per heavy atom. The molecule has 0 radical (unpaired) electrons. The van der Waals surface area contributed by atoms with Crippen LogP contribution in [0.5, 0.6) is 0 Å².